The van der Waals surface area contributed by atoms with Crippen LogP contribution in [0.3, 0.4) is 0 Å². The van der Waals surface area contributed by atoms with Crippen LogP contribution in [0.15, 0.2) is 44.4 Å². The van der Waals surface area contributed by atoms with E-state index in [9.17, 15) is 0 Å². The third-order valence-electron chi connectivity index (χ3n) is 1.75. The number of nitrogens with two attached hydrogens (primary N) is 1. The maximum absolute atomic E-state index is 8.65. The van der Waals surface area contributed by atoms with E-state index in [0.717, 1.165) is 4.34 Å². The van der Waals surface area contributed by atoms with Gasteiger partial charge in [-0.1, -0.05) is 5.16 Å². The Morgan fingerprint density at radius 3 is 3.00 bits per heavy atom. The Hall–Kier alpha value is -1.60. The topological polar surface area (TPSA) is 84.4 Å². The molecule has 0 spiro atoms. The zero-order chi connectivity index (χ0) is 11.4. The predicted octanol–water partition coefficient (Wildman–Crippen LogP) is 1.78. The third kappa shape index (κ3) is 2.31. The van der Waals surface area contributed by atoms with Crippen LogP contribution in [0.4, 0.5) is 0 Å². The van der Waals surface area contributed by atoms with Crippen LogP contribution in [0.5, 0.6) is 0 Å². The number of amidine groups is 1. The van der Waals surface area contributed by atoms with Crippen LogP contribution >= 0.6 is 23.1 Å². The zero-order valence-corrected chi connectivity index (χ0v) is 9.70. The quantitative estimate of drug-likeness (QED) is 0.376. The van der Waals surface area contributed by atoms with Crippen molar-refractivity contribution in [1.82, 2.24) is 9.97 Å². The van der Waals surface area contributed by atoms with Crippen molar-refractivity contribution in [2.75, 3.05) is 0 Å². The molecule has 0 radical (unpaired) electrons. The number of nitrogens with zero attached hydrogens (tertiary/aromatic N) is 3. The van der Waals surface area contributed by atoms with Crippen molar-refractivity contribution >= 4 is 28.9 Å². The minimum atomic E-state index is 0.0483. The molecule has 2 rings (SSSR count). The summed E-state index contributed by atoms with van der Waals surface area (Å²) in [5.41, 5.74) is 6.16. The average Bonchev–Trinajstić information content (AvgIpc) is 2.82. The molecule has 16 heavy (non-hydrogen) atoms. The van der Waals surface area contributed by atoms with Crippen LogP contribution < -0.4 is 5.73 Å². The Morgan fingerprint density at radius 1 is 1.44 bits per heavy atom. The van der Waals surface area contributed by atoms with Crippen LogP contribution in [0, 0.1) is 0 Å². The maximum Gasteiger partial charge on any atom is 0.172 e. The fraction of sp³-hybridized carbons (Fsp3) is 0. The summed E-state index contributed by atoms with van der Waals surface area (Å²) in [6.07, 6.45) is 3.38. The Balaban J connectivity index is 2.34. The minimum absolute atomic E-state index is 0.0483. The number of pyridine rings is 1. The van der Waals surface area contributed by atoms with E-state index in [1.807, 2.05) is 5.38 Å². The molecule has 0 saturated carbocycles. The van der Waals surface area contributed by atoms with Gasteiger partial charge in [0.15, 0.2) is 10.2 Å². The van der Waals surface area contributed by atoms with Crippen molar-refractivity contribution in [3.05, 3.63) is 35.5 Å². The van der Waals surface area contributed by atoms with Gasteiger partial charge >= 0.3 is 0 Å². The van der Waals surface area contributed by atoms with Gasteiger partial charge in [0.05, 0.1) is 5.56 Å². The van der Waals surface area contributed by atoms with Crippen molar-refractivity contribution in [3.63, 3.8) is 0 Å². The molecule has 82 valence electrons. The van der Waals surface area contributed by atoms with Crippen LogP contribution in [-0.4, -0.2) is 21.0 Å². The zero-order valence-electron chi connectivity index (χ0n) is 8.07. The largest absolute Gasteiger partial charge is 0.409 e. The Bertz CT molecular complexity index is 498. The van der Waals surface area contributed by atoms with Crippen LogP contribution in [0.1, 0.15) is 5.56 Å². The summed E-state index contributed by atoms with van der Waals surface area (Å²) in [6.45, 7) is 0. The fourth-order valence-corrected chi connectivity index (χ4v) is 2.70. The molecule has 0 aliphatic heterocycles. The van der Waals surface area contributed by atoms with Crippen molar-refractivity contribution in [2.45, 2.75) is 9.37 Å². The molecule has 3 N–H and O–H groups in total. The molecular formula is C9H8N4OS2. The SMILES string of the molecule is N/C(=N/O)c1cccnc1Sc1nccs1. The summed E-state index contributed by atoms with van der Waals surface area (Å²) in [5, 5.41) is 14.2. The highest BCUT2D eigenvalue weighted by Crippen LogP contribution is 2.29. The average molecular weight is 252 g/mol. The van der Waals surface area contributed by atoms with Gasteiger partial charge in [0.1, 0.15) is 5.03 Å². The van der Waals surface area contributed by atoms with E-state index in [4.69, 9.17) is 10.9 Å². The second-order valence-corrected chi connectivity index (χ2v) is 4.87. The summed E-state index contributed by atoms with van der Waals surface area (Å²) >= 11 is 2.90. The van der Waals surface area contributed by atoms with E-state index < -0.39 is 0 Å². The standard InChI is InChI=1S/C9H8N4OS2/c10-7(13-14)6-2-1-3-11-8(6)16-9-12-4-5-15-9/h1-5,14H,(H2,10,13). The Kier molecular flexibility index (Phi) is 3.37. The molecule has 0 unspecified atom stereocenters. The number of hydrogen-bond donors (Lipinski definition) is 2. The van der Waals surface area contributed by atoms with Gasteiger partial charge in [-0.3, -0.25) is 0 Å². The van der Waals surface area contributed by atoms with Gasteiger partial charge in [0.2, 0.25) is 0 Å². The number of aromatic nitrogens is 2. The third-order valence-corrected chi connectivity index (χ3v) is 3.65. The molecule has 0 fully saturated rings. The molecule has 2 aromatic rings. The molecule has 0 aliphatic rings. The highest BCUT2D eigenvalue weighted by molar-refractivity contribution is 8.01. The number of hydrogen-bond acceptors (Lipinski definition) is 6. The van der Waals surface area contributed by atoms with Gasteiger partial charge in [-0.05, 0) is 23.9 Å². The second-order valence-electron chi connectivity index (χ2n) is 2.74. The van der Waals surface area contributed by atoms with Gasteiger partial charge in [-0.15, -0.1) is 11.3 Å². The lowest BCUT2D eigenvalue weighted by atomic mass is 10.3. The normalized spacial score (nSPS) is 11.6. The maximum atomic E-state index is 8.65. The summed E-state index contributed by atoms with van der Waals surface area (Å²) in [7, 11) is 0. The lowest BCUT2D eigenvalue weighted by Crippen LogP contribution is -2.14. The van der Waals surface area contributed by atoms with Crippen LogP contribution in [0.2, 0.25) is 0 Å². The number of rotatable bonds is 3. The molecule has 0 atom stereocenters. The molecule has 0 aromatic carbocycles. The van der Waals surface area contributed by atoms with Crippen LogP contribution in [-0.2, 0) is 0 Å². The monoisotopic (exact) mass is 252 g/mol. The summed E-state index contributed by atoms with van der Waals surface area (Å²) in [5.74, 6) is 0.0483. The molecule has 0 amide bonds. The first-order valence-electron chi connectivity index (χ1n) is 4.31. The second kappa shape index (κ2) is 4.95. The van der Waals surface area contributed by atoms with E-state index >= 15 is 0 Å². The highest BCUT2D eigenvalue weighted by atomic mass is 32.2. The van der Waals surface area contributed by atoms with Crippen molar-refractivity contribution < 1.29 is 5.21 Å². The van der Waals surface area contributed by atoms with Crippen molar-refractivity contribution in [2.24, 2.45) is 10.9 Å². The molecule has 0 saturated heterocycles. The van der Waals surface area contributed by atoms with Crippen LogP contribution in [0.25, 0.3) is 0 Å². The van der Waals surface area contributed by atoms with Gasteiger partial charge < -0.3 is 10.9 Å². The first-order valence-corrected chi connectivity index (χ1v) is 6.01. The fourth-order valence-electron chi connectivity index (χ4n) is 1.06. The van der Waals surface area contributed by atoms with Crippen molar-refractivity contribution in [1.29, 1.82) is 0 Å². The molecule has 2 heterocycles. The van der Waals surface area contributed by atoms with Gasteiger partial charge in [-0.25, -0.2) is 9.97 Å². The summed E-state index contributed by atoms with van der Waals surface area (Å²) < 4.78 is 0.866. The predicted molar refractivity (Wildman–Crippen MR) is 63.0 cm³/mol. The summed E-state index contributed by atoms with van der Waals surface area (Å²) in [6, 6.07) is 3.48. The first kappa shape index (κ1) is 10.9. The van der Waals surface area contributed by atoms with Gasteiger partial charge in [-0.2, -0.15) is 0 Å². The lowest BCUT2D eigenvalue weighted by molar-refractivity contribution is 0.318. The van der Waals surface area contributed by atoms with E-state index in [1.165, 1.54) is 23.1 Å². The molecule has 7 heteroatoms. The Morgan fingerprint density at radius 2 is 2.31 bits per heavy atom. The van der Waals surface area contributed by atoms with E-state index in [0.29, 0.717) is 10.6 Å². The Labute approximate surface area is 100 Å². The first-order chi connectivity index (χ1) is 7.81. The minimum Gasteiger partial charge on any atom is -0.409 e. The molecule has 5 nitrogen and oxygen atoms in total. The van der Waals surface area contributed by atoms with E-state index in [-0.39, 0.29) is 5.84 Å². The molecule has 2 aromatic heterocycles. The highest BCUT2D eigenvalue weighted by Gasteiger charge is 2.10. The lowest BCUT2D eigenvalue weighted by Gasteiger charge is -2.03. The summed E-state index contributed by atoms with van der Waals surface area (Å²) in [4.78, 5) is 8.32. The van der Waals surface area contributed by atoms with E-state index in [2.05, 4.69) is 15.1 Å². The molecule has 0 bridgehead atoms. The number of oxime groups is 1. The smallest absolute Gasteiger partial charge is 0.172 e. The molecule has 0 aliphatic carbocycles. The molecular weight excluding hydrogens is 244 g/mol. The van der Waals surface area contributed by atoms with Gasteiger partial charge in [0.25, 0.3) is 0 Å². The van der Waals surface area contributed by atoms with Crippen molar-refractivity contribution in [3.8, 4) is 0 Å². The number of thiazole rings is 1. The van der Waals surface area contributed by atoms with Gasteiger partial charge in [0, 0.05) is 17.8 Å². The van der Waals surface area contributed by atoms with E-state index in [1.54, 1.807) is 24.5 Å².